The fourth-order valence-electron chi connectivity index (χ4n) is 1.27. The first kappa shape index (κ1) is 13.0. The lowest BCUT2D eigenvalue weighted by molar-refractivity contribution is -0.131. The van der Waals surface area contributed by atoms with Gasteiger partial charge in [-0.1, -0.05) is 23.7 Å². The largest absolute Gasteiger partial charge is 0.378 e. The molecule has 1 amide bonds. The number of halogens is 1. The summed E-state index contributed by atoms with van der Waals surface area (Å²) in [7, 11) is 0. The van der Waals surface area contributed by atoms with Crippen LogP contribution in [0.3, 0.4) is 0 Å². The topological polar surface area (TPSA) is 49.3 Å². The zero-order valence-corrected chi connectivity index (χ0v) is 10.4. The van der Waals surface area contributed by atoms with Crippen molar-refractivity contribution >= 4 is 17.5 Å². The molecule has 0 aromatic heterocycles. The van der Waals surface area contributed by atoms with Gasteiger partial charge in [-0.25, -0.2) is 0 Å². The van der Waals surface area contributed by atoms with Crippen LogP contribution in [0.15, 0.2) is 24.3 Å². The van der Waals surface area contributed by atoms with Crippen LogP contribution < -0.4 is 5.32 Å². The first-order valence-corrected chi connectivity index (χ1v) is 5.43. The van der Waals surface area contributed by atoms with Crippen LogP contribution in [0, 0.1) is 0 Å². The third-order valence-electron chi connectivity index (χ3n) is 1.91. The summed E-state index contributed by atoms with van der Waals surface area (Å²) in [6.07, 6.45) is -1.18. The summed E-state index contributed by atoms with van der Waals surface area (Å²) >= 11 is 5.78. The molecule has 0 aliphatic rings. The molecule has 0 radical (unpaired) electrons. The monoisotopic (exact) mass is 241 g/mol. The van der Waals surface area contributed by atoms with Crippen molar-refractivity contribution < 1.29 is 9.90 Å². The van der Waals surface area contributed by atoms with Gasteiger partial charge >= 0.3 is 0 Å². The Morgan fingerprint density at radius 1 is 1.44 bits per heavy atom. The van der Waals surface area contributed by atoms with Gasteiger partial charge in [-0.05, 0) is 38.5 Å². The summed E-state index contributed by atoms with van der Waals surface area (Å²) in [6, 6.07) is 6.64. The van der Waals surface area contributed by atoms with Crippen molar-refractivity contribution in [1.82, 2.24) is 5.32 Å². The van der Waals surface area contributed by atoms with E-state index < -0.39 is 12.0 Å². The van der Waals surface area contributed by atoms with Gasteiger partial charge in [-0.2, -0.15) is 0 Å². The third kappa shape index (κ3) is 3.83. The highest BCUT2D eigenvalue weighted by Gasteiger charge is 2.22. The molecule has 1 aromatic rings. The van der Waals surface area contributed by atoms with Crippen molar-refractivity contribution in [1.29, 1.82) is 0 Å². The van der Waals surface area contributed by atoms with Gasteiger partial charge in [0.25, 0.3) is 5.91 Å². The second kappa shape index (κ2) is 4.85. The number of amides is 1. The molecule has 0 heterocycles. The van der Waals surface area contributed by atoms with Crippen LogP contribution in [0.1, 0.15) is 32.4 Å². The van der Waals surface area contributed by atoms with Gasteiger partial charge in [0.05, 0.1) is 0 Å². The maximum atomic E-state index is 11.7. The second-order valence-corrected chi connectivity index (χ2v) is 5.13. The van der Waals surface area contributed by atoms with Crippen molar-refractivity contribution in [2.45, 2.75) is 32.4 Å². The van der Waals surface area contributed by atoms with Crippen LogP contribution in [0.4, 0.5) is 0 Å². The molecule has 1 rings (SSSR count). The molecule has 0 spiro atoms. The summed E-state index contributed by atoms with van der Waals surface area (Å²) < 4.78 is 0. The fourth-order valence-corrected chi connectivity index (χ4v) is 1.46. The molecule has 2 N–H and O–H groups in total. The maximum absolute atomic E-state index is 11.7. The summed E-state index contributed by atoms with van der Waals surface area (Å²) in [6.45, 7) is 5.57. The normalized spacial score (nSPS) is 13.3. The van der Waals surface area contributed by atoms with E-state index in [4.69, 9.17) is 11.6 Å². The Hall–Kier alpha value is -1.06. The molecule has 4 heteroatoms. The number of benzene rings is 1. The minimum Gasteiger partial charge on any atom is -0.378 e. The highest BCUT2D eigenvalue weighted by atomic mass is 35.5. The third-order valence-corrected chi connectivity index (χ3v) is 2.15. The number of hydrogen-bond acceptors (Lipinski definition) is 2. The summed E-state index contributed by atoms with van der Waals surface area (Å²) in [5, 5.41) is 13.0. The summed E-state index contributed by atoms with van der Waals surface area (Å²) in [5.41, 5.74) is 0.130. The number of aliphatic hydroxyl groups excluding tert-OH is 1. The molecule has 1 unspecified atom stereocenters. The first-order chi connectivity index (χ1) is 7.29. The SMILES string of the molecule is CC(C)(C)NC(=O)C(O)c1cccc(Cl)c1. The first-order valence-electron chi connectivity index (χ1n) is 5.05. The van der Waals surface area contributed by atoms with Gasteiger partial charge in [-0.15, -0.1) is 0 Å². The molecule has 0 saturated carbocycles. The standard InChI is InChI=1S/C12H16ClNO2/c1-12(2,3)14-11(16)10(15)8-5-4-6-9(13)7-8/h4-7,10,15H,1-3H3,(H,14,16). The van der Waals surface area contributed by atoms with Gasteiger partial charge in [0, 0.05) is 10.6 Å². The molecule has 16 heavy (non-hydrogen) atoms. The van der Waals surface area contributed by atoms with Gasteiger partial charge in [-0.3, -0.25) is 4.79 Å². The van der Waals surface area contributed by atoms with Gasteiger partial charge in [0.1, 0.15) is 0 Å². The van der Waals surface area contributed by atoms with E-state index in [0.29, 0.717) is 10.6 Å². The minimum absolute atomic E-state index is 0.364. The van der Waals surface area contributed by atoms with E-state index in [0.717, 1.165) is 0 Å². The Bertz CT molecular complexity index is 385. The van der Waals surface area contributed by atoms with E-state index in [9.17, 15) is 9.90 Å². The quantitative estimate of drug-likeness (QED) is 0.835. The zero-order chi connectivity index (χ0) is 12.3. The second-order valence-electron chi connectivity index (χ2n) is 4.70. The number of aliphatic hydroxyl groups is 1. The van der Waals surface area contributed by atoms with Crippen LogP contribution in [0.2, 0.25) is 5.02 Å². The van der Waals surface area contributed by atoms with Crippen LogP contribution >= 0.6 is 11.6 Å². The van der Waals surface area contributed by atoms with Crippen molar-refractivity contribution in [3.8, 4) is 0 Å². The van der Waals surface area contributed by atoms with Crippen molar-refractivity contribution in [2.75, 3.05) is 0 Å². The zero-order valence-electron chi connectivity index (χ0n) is 9.62. The average Bonchev–Trinajstić information content (AvgIpc) is 2.14. The molecule has 0 aliphatic heterocycles. The van der Waals surface area contributed by atoms with E-state index >= 15 is 0 Å². The van der Waals surface area contributed by atoms with Crippen LogP contribution in [-0.2, 0) is 4.79 Å². The molecule has 88 valence electrons. The van der Waals surface area contributed by atoms with Crippen LogP contribution in [-0.4, -0.2) is 16.6 Å². The lowest BCUT2D eigenvalue weighted by Gasteiger charge is -2.22. The van der Waals surface area contributed by atoms with Crippen LogP contribution in [0.5, 0.6) is 0 Å². The summed E-state index contributed by atoms with van der Waals surface area (Å²) in [4.78, 5) is 11.7. The number of carbonyl (C=O) groups is 1. The van der Waals surface area contributed by atoms with Gasteiger partial charge < -0.3 is 10.4 Å². The number of rotatable bonds is 2. The number of hydrogen-bond donors (Lipinski definition) is 2. The van der Waals surface area contributed by atoms with E-state index in [1.165, 1.54) is 0 Å². The fraction of sp³-hybridized carbons (Fsp3) is 0.417. The Kier molecular flexibility index (Phi) is 3.94. The molecule has 0 bridgehead atoms. The molecule has 1 atom stereocenters. The predicted molar refractivity (Wildman–Crippen MR) is 64.3 cm³/mol. The average molecular weight is 242 g/mol. The Morgan fingerprint density at radius 2 is 2.06 bits per heavy atom. The smallest absolute Gasteiger partial charge is 0.253 e. The maximum Gasteiger partial charge on any atom is 0.253 e. The minimum atomic E-state index is -1.18. The van der Waals surface area contributed by atoms with Crippen molar-refractivity contribution in [3.63, 3.8) is 0 Å². The highest BCUT2D eigenvalue weighted by Crippen LogP contribution is 2.18. The molecule has 3 nitrogen and oxygen atoms in total. The Balaban J connectivity index is 2.78. The van der Waals surface area contributed by atoms with Gasteiger partial charge in [0.2, 0.25) is 0 Å². The van der Waals surface area contributed by atoms with E-state index in [1.807, 2.05) is 20.8 Å². The predicted octanol–water partition coefficient (Wildman–Crippen LogP) is 2.29. The van der Waals surface area contributed by atoms with E-state index in [1.54, 1.807) is 24.3 Å². The molecular weight excluding hydrogens is 226 g/mol. The van der Waals surface area contributed by atoms with E-state index in [-0.39, 0.29) is 5.54 Å². The lowest BCUT2D eigenvalue weighted by atomic mass is 10.1. The van der Waals surface area contributed by atoms with E-state index in [2.05, 4.69) is 5.32 Å². The number of carbonyl (C=O) groups excluding carboxylic acids is 1. The molecular formula is C12H16ClNO2. The van der Waals surface area contributed by atoms with Crippen molar-refractivity contribution in [2.24, 2.45) is 0 Å². The van der Waals surface area contributed by atoms with Gasteiger partial charge in [0.15, 0.2) is 6.10 Å². The Morgan fingerprint density at radius 3 is 2.56 bits per heavy atom. The molecule has 0 fully saturated rings. The number of nitrogens with one attached hydrogen (secondary N) is 1. The molecule has 1 aromatic carbocycles. The Labute approximate surface area is 100 Å². The van der Waals surface area contributed by atoms with Crippen molar-refractivity contribution in [3.05, 3.63) is 34.9 Å². The molecule has 0 saturated heterocycles. The highest BCUT2D eigenvalue weighted by molar-refractivity contribution is 6.30. The van der Waals surface area contributed by atoms with Crippen LogP contribution in [0.25, 0.3) is 0 Å². The lowest BCUT2D eigenvalue weighted by Crippen LogP contribution is -2.43. The molecule has 0 aliphatic carbocycles. The summed E-state index contributed by atoms with van der Waals surface area (Å²) in [5.74, 6) is -0.422.